The highest BCUT2D eigenvalue weighted by Crippen LogP contribution is 2.16. The smallest absolute Gasteiger partial charge is 0.331 e. The van der Waals surface area contributed by atoms with Gasteiger partial charge in [0.25, 0.3) is 5.56 Å². The first kappa shape index (κ1) is 13.5. The van der Waals surface area contributed by atoms with Crippen molar-refractivity contribution in [2.45, 2.75) is 25.4 Å². The van der Waals surface area contributed by atoms with Crippen LogP contribution < -0.4 is 11.2 Å². The van der Waals surface area contributed by atoms with E-state index in [-0.39, 0.29) is 25.1 Å². The predicted molar refractivity (Wildman–Crippen MR) is 67.8 cm³/mol. The molecule has 7 heteroatoms. The van der Waals surface area contributed by atoms with Gasteiger partial charge in [-0.25, -0.2) is 4.79 Å². The van der Waals surface area contributed by atoms with E-state index in [1.807, 2.05) is 0 Å². The highest BCUT2D eigenvalue weighted by atomic mass is 16.3. The lowest BCUT2D eigenvalue weighted by molar-refractivity contribution is -0.133. The molecule has 2 heterocycles. The molecule has 7 nitrogen and oxygen atoms in total. The summed E-state index contributed by atoms with van der Waals surface area (Å²) >= 11 is 0. The van der Waals surface area contributed by atoms with Crippen LogP contribution in [0.2, 0.25) is 0 Å². The molecule has 0 radical (unpaired) electrons. The van der Waals surface area contributed by atoms with Crippen LogP contribution in [0, 0.1) is 0 Å². The summed E-state index contributed by atoms with van der Waals surface area (Å²) in [4.78, 5) is 36.7. The second-order valence-electron chi connectivity index (χ2n) is 4.69. The molecule has 19 heavy (non-hydrogen) atoms. The maximum absolute atomic E-state index is 12.1. The predicted octanol–water partition coefficient (Wildman–Crippen LogP) is -1.47. The molecule has 0 spiro atoms. The van der Waals surface area contributed by atoms with Gasteiger partial charge in [0.05, 0.1) is 12.6 Å². The van der Waals surface area contributed by atoms with E-state index in [1.165, 1.54) is 23.9 Å². The van der Waals surface area contributed by atoms with Crippen molar-refractivity contribution < 1.29 is 9.90 Å². The number of aliphatic hydroxyl groups excluding tert-OH is 1. The van der Waals surface area contributed by atoms with E-state index in [0.717, 1.165) is 17.4 Å². The lowest BCUT2D eigenvalue weighted by Crippen LogP contribution is -2.43. The van der Waals surface area contributed by atoms with E-state index in [2.05, 4.69) is 0 Å². The Morgan fingerprint density at radius 1 is 1.47 bits per heavy atom. The van der Waals surface area contributed by atoms with Gasteiger partial charge in [-0.2, -0.15) is 0 Å². The van der Waals surface area contributed by atoms with Crippen molar-refractivity contribution in [1.82, 2.24) is 14.0 Å². The molecular formula is C12H17N3O4. The third kappa shape index (κ3) is 2.60. The highest BCUT2D eigenvalue weighted by molar-refractivity contribution is 5.76. The SMILES string of the molecule is Cn1c(=O)ccn(CC(=O)N2CCC[C@@H]2CO)c1=O. The van der Waals surface area contributed by atoms with Crippen LogP contribution in [0.15, 0.2) is 21.9 Å². The molecule has 1 aromatic heterocycles. The summed E-state index contributed by atoms with van der Waals surface area (Å²) < 4.78 is 2.16. The first-order valence-corrected chi connectivity index (χ1v) is 6.21. The quantitative estimate of drug-likeness (QED) is 0.724. The molecule has 2 rings (SSSR count). The normalized spacial score (nSPS) is 18.8. The minimum atomic E-state index is -0.513. The molecule has 1 aliphatic heterocycles. The number of amides is 1. The Kier molecular flexibility index (Phi) is 3.84. The van der Waals surface area contributed by atoms with Gasteiger partial charge in [0, 0.05) is 25.9 Å². The number of likely N-dealkylation sites (tertiary alicyclic amines) is 1. The number of aliphatic hydroxyl groups is 1. The van der Waals surface area contributed by atoms with E-state index >= 15 is 0 Å². The van der Waals surface area contributed by atoms with Crippen LogP contribution in [0.25, 0.3) is 0 Å². The number of aromatic nitrogens is 2. The fourth-order valence-electron chi connectivity index (χ4n) is 2.33. The van der Waals surface area contributed by atoms with E-state index in [1.54, 1.807) is 4.90 Å². The number of carbonyl (C=O) groups excluding carboxylic acids is 1. The molecule has 0 bridgehead atoms. The molecule has 0 saturated carbocycles. The van der Waals surface area contributed by atoms with Crippen molar-refractivity contribution in [3.8, 4) is 0 Å². The maximum atomic E-state index is 12.1. The summed E-state index contributed by atoms with van der Waals surface area (Å²) in [5.41, 5.74) is -0.913. The molecule has 0 unspecified atom stereocenters. The molecule has 0 aliphatic carbocycles. The maximum Gasteiger partial charge on any atom is 0.331 e. The number of rotatable bonds is 3. The molecule has 1 N–H and O–H groups in total. The largest absolute Gasteiger partial charge is 0.394 e. The number of hydrogen-bond acceptors (Lipinski definition) is 4. The summed E-state index contributed by atoms with van der Waals surface area (Å²) in [6, 6.07) is 1.10. The molecule has 1 atom stereocenters. The fraction of sp³-hybridized carbons (Fsp3) is 0.583. The average Bonchev–Trinajstić information content (AvgIpc) is 2.88. The van der Waals surface area contributed by atoms with Crippen molar-refractivity contribution in [3.63, 3.8) is 0 Å². The van der Waals surface area contributed by atoms with E-state index in [9.17, 15) is 19.5 Å². The Labute approximate surface area is 109 Å². The molecular weight excluding hydrogens is 250 g/mol. The second kappa shape index (κ2) is 5.40. The minimum Gasteiger partial charge on any atom is -0.394 e. The molecule has 1 aliphatic rings. The summed E-state index contributed by atoms with van der Waals surface area (Å²) in [5, 5.41) is 9.18. The van der Waals surface area contributed by atoms with Gasteiger partial charge >= 0.3 is 5.69 Å². The molecule has 1 amide bonds. The monoisotopic (exact) mass is 267 g/mol. The van der Waals surface area contributed by atoms with Crippen LogP contribution in [-0.4, -0.2) is 44.2 Å². The molecule has 1 aromatic rings. The molecule has 1 saturated heterocycles. The van der Waals surface area contributed by atoms with Gasteiger partial charge < -0.3 is 10.0 Å². The lowest BCUT2D eigenvalue weighted by atomic mass is 10.2. The van der Waals surface area contributed by atoms with Gasteiger partial charge in [-0.1, -0.05) is 0 Å². The van der Waals surface area contributed by atoms with Gasteiger partial charge in [-0.05, 0) is 12.8 Å². The van der Waals surface area contributed by atoms with Gasteiger partial charge in [0.1, 0.15) is 6.54 Å². The van der Waals surface area contributed by atoms with Crippen molar-refractivity contribution in [2.75, 3.05) is 13.2 Å². The Bertz CT molecular complexity index is 589. The minimum absolute atomic E-state index is 0.0616. The van der Waals surface area contributed by atoms with Crippen molar-refractivity contribution in [3.05, 3.63) is 33.1 Å². The zero-order chi connectivity index (χ0) is 14.0. The zero-order valence-electron chi connectivity index (χ0n) is 10.8. The summed E-state index contributed by atoms with van der Waals surface area (Å²) in [5.74, 6) is -0.211. The van der Waals surface area contributed by atoms with Crippen molar-refractivity contribution in [1.29, 1.82) is 0 Å². The topological polar surface area (TPSA) is 84.5 Å². The second-order valence-corrected chi connectivity index (χ2v) is 4.69. The lowest BCUT2D eigenvalue weighted by Gasteiger charge is -2.23. The molecule has 0 aromatic carbocycles. The standard InChI is InChI=1S/C12H17N3O4/c1-13-10(17)4-6-14(12(13)19)7-11(18)15-5-2-3-9(15)8-16/h4,6,9,16H,2-3,5,7-8H2,1H3/t9-/m1/s1. The van der Waals surface area contributed by atoms with E-state index in [4.69, 9.17) is 0 Å². The Morgan fingerprint density at radius 2 is 2.21 bits per heavy atom. The van der Waals surface area contributed by atoms with Crippen LogP contribution in [0.5, 0.6) is 0 Å². The van der Waals surface area contributed by atoms with Gasteiger partial charge in [-0.3, -0.25) is 18.7 Å². The van der Waals surface area contributed by atoms with Crippen molar-refractivity contribution >= 4 is 5.91 Å². The fourth-order valence-corrected chi connectivity index (χ4v) is 2.33. The third-order valence-electron chi connectivity index (χ3n) is 3.47. The Balaban J connectivity index is 2.18. The van der Waals surface area contributed by atoms with Gasteiger partial charge in [0.2, 0.25) is 5.91 Å². The average molecular weight is 267 g/mol. The van der Waals surface area contributed by atoms with E-state index in [0.29, 0.717) is 6.54 Å². The molecule has 104 valence electrons. The first-order valence-electron chi connectivity index (χ1n) is 6.21. The Morgan fingerprint density at radius 3 is 2.89 bits per heavy atom. The number of nitrogens with zero attached hydrogens (tertiary/aromatic N) is 3. The third-order valence-corrected chi connectivity index (χ3v) is 3.47. The summed E-state index contributed by atoms with van der Waals surface area (Å²) in [6.07, 6.45) is 2.97. The Hall–Kier alpha value is -1.89. The number of hydrogen-bond donors (Lipinski definition) is 1. The van der Waals surface area contributed by atoms with E-state index < -0.39 is 11.2 Å². The molecule has 1 fully saturated rings. The number of carbonyl (C=O) groups is 1. The van der Waals surface area contributed by atoms with Crippen LogP contribution in [0.4, 0.5) is 0 Å². The summed E-state index contributed by atoms with van der Waals surface area (Å²) in [7, 11) is 1.37. The van der Waals surface area contributed by atoms with Crippen LogP contribution in [0.3, 0.4) is 0 Å². The van der Waals surface area contributed by atoms with Crippen LogP contribution >= 0.6 is 0 Å². The van der Waals surface area contributed by atoms with Crippen molar-refractivity contribution in [2.24, 2.45) is 7.05 Å². The van der Waals surface area contributed by atoms with Gasteiger partial charge in [0.15, 0.2) is 0 Å². The van der Waals surface area contributed by atoms with Crippen LogP contribution in [0.1, 0.15) is 12.8 Å². The van der Waals surface area contributed by atoms with Crippen LogP contribution in [-0.2, 0) is 18.4 Å². The zero-order valence-corrected chi connectivity index (χ0v) is 10.8. The highest BCUT2D eigenvalue weighted by Gasteiger charge is 2.28. The first-order chi connectivity index (χ1) is 9.04. The van der Waals surface area contributed by atoms with Gasteiger partial charge in [-0.15, -0.1) is 0 Å². The summed E-state index contributed by atoms with van der Waals surface area (Å²) in [6.45, 7) is 0.432.